The van der Waals surface area contributed by atoms with E-state index in [1.165, 1.54) is 11.2 Å². The average Bonchev–Trinajstić information content (AvgIpc) is 3.17. The molecule has 9 nitrogen and oxygen atoms in total. The van der Waals surface area contributed by atoms with E-state index in [9.17, 15) is 4.79 Å². The van der Waals surface area contributed by atoms with E-state index in [-0.39, 0.29) is 12.5 Å². The average molecular weight is 349 g/mol. The summed E-state index contributed by atoms with van der Waals surface area (Å²) in [5.41, 5.74) is 2.46. The number of aromatic amines is 1. The van der Waals surface area contributed by atoms with Crippen LogP contribution in [0, 0.1) is 11.5 Å². The lowest BCUT2D eigenvalue weighted by Crippen LogP contribution is -2.46. The van der Waals surface area contributed by atoms with Crippen LogP contribution in [-0.4, -0.2) is 56.8 Å². The van der Waals surface area contributed by atoms with Crippen molar-refractivity contribution in [2.45, 2.75) is 6.10 Å². The van der Waals surface area contributed by atoms with E-state index >= 15 is 0 Å². The fourth-order valence-electron chi connectivity index (χ4n) is 2.87. The van der Waals surface area contributed by atoms with Gasteiger partial charge in [-0.05, 0) is 6.07 Å². The number of fused-ring (bicyclic) bond motifs is 1. The van der Waals surface area contributed by atoms with Crippen LogP contribution in [0.5, 0.6) is 0 Å². The number of nitrogens with zero attached hydrogens (tertiary/aromatic N) is 5. The highest BCUT2D eigenvalue weighted by Crippen LogP contribution is 2.26. The van der Waals surface area contributed by atoms with Gasteiger partial charge in [0.05, 0.1) is 37.1 Å². The van der Waals surface area contributed by atoms with Gasteiger partial charge in [-0.2, -0.15) is 10.4 Å². The van der Waals surface area contributed by atoms with E-state index in [0.717, 1.165) is 16.5 Å². The number of nitriles is 1. The van der Waals surface area contributed by atoms with Crippen molar-refractivity contribution < 1.29 is 9.53 Å². The molecule has 0 radical (unpaired) electrons. The predicted octanol–water partition coefficient (Wildman–Crippen LogP) is 1.14. The Labute approximate surface area is 148 Å². The highest BCUT2D eigenvalue weighted by atomic mass is 16.5. The summed E-state index contributed by atoms with van der Waals surface area (Å²) in [4.78, 5) is 22.3. The van der Waals surface area contributed by atoms with Gasteiger partial charge in [-0.1, -0.05) is 12.1 Å². The number of benzene rings is 1. The van der Waals surface area contributed by atoms with Crippen LogP contribution in [0.15, 0.2) is 36.8 Å². The fraction of sp³-hybridized carbons (Fsp3) is 0.235. The number of amides is 1. The molecule has 1 aliphatic heterocycles. The molecular formula is C17H15N7O2. The van der Waals surface area contributed by atoms with E-state index in [1.807, 2.05) is 24.4 Å². The van der Waals surface area contributed by atoms with Crippen molar-refractivity contribution >= 4 is 22.6 Å². The summed E-state index contributed by atoms with van der Waals surface area (Å²) in [7, 11) is 0. The first-order valence-electron chi connectivity index (χ1n) is 8.06. The first kappa shape index (κ1) is 16.0. The molecule has 2 aromatic heterocycles. The highest BCUT2D eigenvalue weighted by Gasteiger charge is 2.26. The number of hydrogen-bond donors (Lipinski definition) is 2. The summed E-state index contributed by atoms with van der Waals surface area (Å²) in [5.74, 6) is 0.0364. The zero-order valence-electron chi connectivity index (χ0n) is 13.7. The third-order valence-corrected chi connectivity index (χ3v) is 4.18. The highest BCUT2D eigenvalue weighted by molar-refractivity contribution is 5.96. The molecule has 1 amide bonds. The van der Waals surface area contributed by atoms with Crippen molar-refractivity contribution in [1.82, 2.24) is 25.1 Å². The topological polar surface area (TPSA) is 120 Å². The number of aromatic nitrogens is 4. The first-order valence-corrected chi connectivity index (χ1v) is 8.06. The number of hydrogen-bond acceptors (Lipinski definition) is 7. The van der Waals surface area contributed by atoms with Gasteiger partial charge in [-0.25, -0.2) is 9.97 Å². The lowest BCUT2D eigenvalue weighted by atomic mass is 10.1. The zero-order chi connectivity index (χ0) is 17.9. The quantitative estimate of drug-likeness (QED) is 0.680. The number of rotatable bonds is 3. The van der Waals surface area contributed by atoms with Crippen molar-refractivity contribution in [2.24, 2.45) is 0 Å². The first-order chi connectivity index (χ1) is 12.7. The smallest absolute Gasteiger partial charge is 0.256 e. The third-order valence-electron chi connectivity index (χ3n) is 4.18. The van der Waals surface area contributed by atoms with Crippen LogP contribution in [0.2, 0.25) is 0 Å². The van der Waals surface area contributed by atoms with Gasteiger partial charge in [0.25, 0.3) is 5.91 Å². The summed E-state index contributed by atoms with van der Waals surface area (Å²) < 4.78 is 5.45. The number of H-pyrrole nitrogens is 1. The SMILES string of the molecule is N#CN1CCO[C@@H](C(=O)Nc2cc(-c3cccc4[nH]ncc34)ncn2)C1. The molecular weight excluding hydrogens is 334 g/mol. The Bertz CT molecular complexity index is 994. The van der Waals surface area contributed by atoms with Crippen LogP contribution in [0.25, 0.3) is 22.2 Å². The van der Waals surface area contributed by atoms with Crippen LogP contribution >= 0.6 is 0 Å². The summed E-state index contributed by atoms with van der Waals surface area (Å²) in [5, 5.41) is 19.6. The van der Waals surface area contributed by atoms with Gasteiger partial charge < -0.3 is 15.0 Å². The van der Waals surface area contributed by atoms with Crippen molar-refractivity contribution in [2.75, 3.05) is 25.0 Å². The minimum atomic E-state index is -0.709. The third kappa shape index (κ3) is 3.05. The van der Waals surface area contributed by atoms with Crippen LogP contribution in [0.1, 0.15) is 0 Å². The maximum absolute atomic E-state index is 12.4. The lowest BCUT2D eigenvalue weighted by molar-refractivity contribution is -0.131. The molecule has 3 heterocycles. The number of carbonyl (C=O) groups is 1. The molecule has 130 valence electrons. The monoisotopic (exact) mass is 349 g/mol. The maximum atomic E-state index is 12.4. The lowest BCUT2D eigenvalue weighted by Gasteiger charge is -2.28. The molecule has 1 saturated heterocycles. The van der Waals surface area contributed by atoms with Crippen LogP contribution < -0.4 is 5.32 Å². The Hall–Kier alpha value is -3.51. The van der Waals surface area contributed by atoms with E-state index in [1.54, 1.807) is 12.3 Å². The molecule has 9 heteroatoms. The molecule has 1 fully saturated rings. The van der Waals surface area contributed by atoms with Crippen molar-refractivity contribution in [3.05, 3.63) is 36.8 Å². The van der Waals surface area contributed by atoms with Gasteiger partial charge >= 0.3 is 0 Å². The number of ether oxygens (including phenoxy) is 1. The molecule has 4 rings (SSSR count). The van der Waals surface area contributed by atoms with Crippen LogP contribution in [0.4, 0.5) is 5.82 Å². The van der Waals surface area contributed by atoms with Crippen LogP contribution in [-0.2, 0) is 9.53 Å². The molecule has 2 N–H and O–H groups in total. The van der Waals surface area contributed by atoms with E-state index in [4.69, 9.17) is 10.00 Å². The summed E-state index contributed by atoms with van der Waals surface area (Å²) in [6.07, 6.45) is 4.46. The molecule has 0 spiro atoms. The van der Waals surface area contributed by atoms with Gasteiger partial charge in [0.2, 0.25) is 0 Å². The Balaban J connectivity index is 1.56. The zero-order valence-corrected chi connectivity index (χ0v) is 13.7. The summed E-state index contributed by atoms with van der Waals surface area (Å²) in [6.45, 7) is 1.06. The van der Waals surface area contributed by atoms with Gasteiger partial charge in [0, 0.05) is 17.0 Å². The minimum absolute atomic E-state index is 0.231. The van der Waals surface area contributed by atoms with Crippen molar-refractivity contribution in [3.63, 3.8) is 0 Å². The molecule has 0 bridgehead atoms. The Kier molecular flexibility index (Phi) is 4.17. The standard InChI is InChI=1S/C17H15N7O2/c18-9-24-4-5-26-15(8-24)17(25)22-16-6-14(19-10-20-16)11-2-1-3-13-12(11)7-21-23-13/h1-3,6-7,10,15H,4-5,8H2,(H,21,23)(H,19,20,22,25)/t15-/m1/s1. The summed E-state index contributed by atoms with van der Waals surface area (Å²) >= 11 is 0. The summed E-state index contributed by atoms with van der Waals surface area (Å²) in [6, 6.07) is 7.46. The number of anilines is 1. The van der Waals surface area contributed by atoms with E-state index < -0.39 is 6.10 Å². The molecule has 26 heavy (non-hydrogen) atoms. The van der Waals surface area contributed by atoms with Crippen molar-refractivity contribution in [3.8, 4) is 17.5 Å². The Morgan fingerprint density at radius 2 is 2.35 bits per heavy atom. The number of morpholine rings is 1. The molecule has 1 aromatic carbocycles. The predicted molar refractivity (Wildman–Crippen MR) is 92.7 cm³/mol. The van der Waals surface area contributed by atoms with Gasteiger partial charge in [-0.3, -0.25) is 9.89 Å². The van der Waals surface area contributed by atoms with Crippen LogP contribution in [0.3, 0.4) is 0 Å². The van der Waals surface area contributed by atoms with E-state index in [0.29, 0.717) is 24.7 Å². The fourth-order valence-corrected chi connectivity index (χ4v) is 2.87. The Morgan fingerprint density at radius 3 is 3.23 bits per heavy atom. The molecule has 0 saturated carbocycles. The molecule has 0 aliphatic carbocycles. The maximum Gasteiger partial charge on any atom is 0.256 e. The number of carbonyl (C=O) groups excluding carboxylic acids is 1. The normalized spacial score (nSPS) is 17.0. The molecule has 0 unspecified atom stereocenters. The second-order valence-corrected chi connectivity index (χ2v) is 5.82. The molecule has 1 atom stereocenters. The minimum Gasteiger partial charge on any atom is -0.365 e. The van der Waals surface area contributed by atoms with Gasteiger partial charge in [0.15, 0.2) is 12.3 Å². The van der Waals surface area contributed by atoms with Crippen molar-refractivity contribution in [1.29, 1.82) is 5.26 Å². The molecule has 1 aliphatic rings. The van der Waals surface area contributed by atoms with Gasteiger partial charge in [-0.15, -0.1) is 0 Å². The second kappa shape index (κ2) is 6.78. The van der Waals surface area contributed by atoms with E-state index in [2.05, 4.69) is 25.5 Å². The largest absolute Gasteiger partial charge is 0.365 e. The van der Waals surface area contributed by atoms with Gasteiger partial charge in [0.1, 0.15) is 12.1 Å². The second-order valence-electron chi connectivity index (χ2n) is 5.82. The Morgan fingerprint density at radius 1 is 1.42 bits per heavy atom. The number of nitrogens with one attached hydrogen (secondary N) is 2. The molecule has 3 aromatic rings.